The van der Waals surface area contributed by atoms with Gasteiger partial charge in [0.1, 0.15) is 4.88 Å². The van der Waals surface area contributed by atoms with Crippen molar-refractivity contribution in [2.75, 3.05) is 16.8 Å². The van der Waals surface area contributed by atoms with E-state index in [-0.39, 0.29) is 35.4 Å². The van der Waals surface area contributed by atoms with Crippen molar-refractivity contribution in [1.29, 1.82) is 0 Å². The lowest BCUT2D eigenvalue weighted by atomic mass is 9.85. The van der Waals surface area contributed by atoms with E-state index >= 15 is 0 Å². The van der Waals surface area contributed by atoms with Crippen LogP contribution in [0.25, 0.3) is 0 Å². The molecule has 31 heavy (non-hydrogen) atoms. The van der Waals surface area contributed by atoms with Gasteiger partial charge in [-0.15, -0.1) is 0 Å². The summed E-state index contributed by atoms with van der Waals surface area (Å²) in [4.78, 5) is 55.7. The van der Waals surface area contributed by atoms with Gasteiger partial charge in [-0.05, 0) is 51.0 Å². The van der Waals surface area contributed by atoms with Gasteiger partial charge in [-0.3, -0.25) is 24.6 Å². The number of amides is 3. The number of ether oxygens (including phenoxy) is 1. The molecular formula is C22H21N3O5S. The molecule has 1 aromatic carbocycles. The Balaban J connectivity index is 1.47. The maximum absolute atomic E-state index is 12.7. The summed E-state index contributed by atoms with van der Waals surface area (Å²) in [5.74, 6) is -1.88. The minimum atomic E-state index is -0.474. The van der Waals surface area contributed by atoms with Gasteiger partial charge in [0, 0.05) is 5.56 Å². The molecule has 1 fully saturated rings. The maximum Gasteiger partial charge on any atom is 0.350 e. The Morgan fingerprint density at radius 3 is 2.32 bits per heavy atom. The van der Waals surface area contributed by atoms with E-state index in [0.717, 1.165) is 11.3 Å². The zero-order valence-corrected chi connectivity index (χ0v) is 17.9. The van der Waals surface area contributed by atoms with Crippen LogP contribution in [0.2, 0.25) is 0 Å². The number of allylic oxidation sites excluding steroid dienone is 2. The van der Waals surface area contributed by atoms with Gasteiger partial charge in [0.05, 0.1) is 29.8 Å². The molecule has 0 saturated carbocycles. The second kappa shape index (κ2) is 8.43. The van der Waals surface area contributed by atoms with Crippen LogP contribution in [0, 0.1) is 18.8 Å². The Morgan fingerprint density at radius 2 is 1.74 bits per heavy atom. The van der Waals surface area contributed by atoms with Crippen molar-refractivity contribution < 1.29 is 23.9 Å². The number of carbonyl (C=O) groups excluding carboxylic acids is 4. The maximum atomic E-state index is 12.7. The average Bonchev–Trinajstić information content (AvgIpc) is 3.25. The third-order valence-electron chi connectivity index (χ3n) is 5.37. The van der Waals surface area contributed by atoms with Crippen LogP contribution in [0.15, 0.2) is 36.4 Å². The van der Waals surface area contributed by atoms with Crippen LogP contribution < -0.4 is 10.2 Å². The Morgan fingerprint density at radius 1 is 1.13 bits per heavy atom. The van der Waals surface area contributed by atoms with Gasteiger partial charge in [-0.1, -0.05) is 23.5 Å². The number of rotatable bonds is 5. The predicted molar refractivity (Wildman–Crippen MR) is 115 cm³/mol. The van der Waals surface area contributed by atoms with Crippen molar-refractivity contribution in [2.45, 2.75) is 26.7 Å². The Kier molecular flexibility index (Phi) is 5.69. The van der Waals surface area contributed by atoms with Crippen molar-refractivity contribution in [3.05, 3.63) is 52.6 Å². The first-order valence-electron chi connectivity index (χ1n) is 9.99. The Labute approximate surface area is 182 Å². The summed E-state index contributed by atoms with van der Waals surface area (Å²) in [6.07, 6.45) is 5.04. The van der Waals surface area contributed by atoms with Gasteiger partial charge in [-0.2, -0.15) is 0 Å². The summed E-state index contributed by atoms with van der Waals surface area (Å²) in [6.45, 7) is 3.64. The van der Waals surface area contributed by atoms with E-state index in [1.165, 1.54) is 4.90 Å². The number of hydrogen-bond donors (Lipinski definition) is 1. The number of fused-ring (bicyclic) bond motifs is 1. The number of esters is 1. The Bertz CT molecular complexity index is 1060. The third kappa shape index (κ3) is 3.88. The number of aromatic nitrogens is 1. The predicted octanol–water partition coefficient (Wildman–Crippen LogP) is 3.34. The minimum Gasteiger partial charge on any atom is -0.462 e. The topological polar surface area (TPSA) is 106 Å². The van der Waals surface area contributed by atoms with Crippen LogP contribution in [0.3, 0.4) is 0 Å². The molecule has 2 aromatic rings. The molecule has 1 aliphatic carbocycles. The zero-order chi connectivity index (χ0) is 22.1. The summed E-state index contributed by atoms with van der Waals surface area (Å²) < 4.78 is 4.98. The lowest BCUT2D eigenvalue weighted by Gasteiger charge is -2.15. The first-order chi connectivity index (χ1) is 14.9. The molecule has 0 radical (unpaired) electrons. The van der Waals surface area contributed by atoms with Gasteiger partial charge in [0.15, 0.2) is 5.13 Å². The summed E-state index contributed by atoms with van der Waals surface area (Å²) in [5, 5.41) is 2.96. The zero-order valence-electron chi connectivity index (χ0n) is 17.1. The molecule has 3 amide bonds. The third-order valence-corrected chi connectivity index (χ3v) is 6.43. The van der Waals surface area contributed by atoms with Gasteiger partial charge >= 0.3 is 5.97 Å². The van der Waals surface area contributed by atoms with Crippen LogP contribution in [-0.4, -0.2) is 35.3 Å². The highest BCUT2D eigenvalue weighted by molar-refractivity contribution is 7.17. The van der Waals surface area contributed by atoms with Crippen LogP contribution in [0.4, 0.5) is 10.8 Å². The molecule has 0 bridgehead atoms. The number of hydrogen-bond acceptors (Lipinski definition) is 7. The van der Waals surface area contributed by atoms with Crippen LogP contribution >= 0.6 is 11.3 Å². The monoisotopic (exact) mass is 439 g/mol. The van der Waals surface area contributed by atoms with Gasteiger partial charge < -0.3 is 4.74 Å². The molecule has 2 atom stereocenters. The minimum absolute atomic E-state index is 0.193. The Hall–Kier alpha value is -3.33. The lowest BCUT2D eigenvalue weighted by molar-refractivity contribution is -0.122. The summed E-state index contributed by atoms with van der Waals surface area (Å²) >= 11 is 1.04. The highest BCUT2D eigenvalue weighted by Gasteiger charge is 2.47. The molecule has 9 heteroatoms. The van der Waals surface area contributed by atoms with E-state index in [2.05, 4.69) is 10.3 Å². The van der Waals surface area contributed by atoms with Crippen molar-refractivity contribution in [3.8, 4) is 0 Å². The van der Waals surface area contributed by atoms with E-state index in [9.17, 15) is 19.2 Å². The SMILES string of the molecule is CCOC(=O)c1sc(NC(=O)c2ccc(N3C(=O)C4CC=CCC4C3=O)cc2)nc1C. The van der Waals surface area contributed by atoms with Crippen LogP contribution in [0.5, 0.6) is 0 Å². The van der Waals surface area contributed by atoms with Gasteiger partial charge in [-0.25, -0.2) is 9.78 Å². The van der Waals surface area contributed by atoms with E-state index in [1.807, 2.05) is 12.2 Å². The molecular weight excluding hydrogens is 418 g/mol. The van der Waals surface area contributed by atoms with E-state index < -0.39 is 11.9 Å². The molecule has 2 unspecified atom stereocenters. The summed E-state index contributed by atoms with van der Waals surface area (Å²) in [5.41, 5.74) is 1.28. The van der Waals surface area contributed by atoms with Crippen molar-refractivity contribution in [2.24, 2.45) is 11.8 Å². The van der Waals surface area contributed by atoms with E-state index in [4.69, 9.17) is 4.74 Å². The normalized spacial score (nSPS) is 20.0. The summed E-state index contributed by atoms with van der Waals surface area (Å²) in [7, 11) is 0. The molecule has 4 rings (SSSR count). The van der Waals surface area contributed by atoms with Crippen molar-refractivity contribution in [3.63, 3.8) is 0 Å². The van der Waals surface area contributed by atoms with Crippen molar-refractivity contribution in [1.82, 2.24) is 4.98 Å². The molecule has 1 aromatic heterocycles. The largest absolute Gasteiger partial charge is 0.462 e. The first-order valence-corrected chi connectivity index (χ1v) is 10.8. The number of anilines is 2. The molecule has 1 N–H and O–H groups in total. The molecule has 8 nitrogen and oxygen atoms in total. The van der Waals surface area contributed by atoms with Gasteiger partial charge in [0.2, 0.25) is 11.8 Å². The molecule has 2 heterocycles. The molecule has 0 spiro atoms. The van der Waals surface area contributed by atoms with Crippen LogP contribution in [0.1, 0.15) is 45.5 Å². The quantitative estimate of drug-likeness (QED) is 0.435. The standard InChI is InChI=1S/C22H21N3O5S/c1-3-30-21(29)17-12(2)23-22(31-17)24-18(26)13-8-10-14(11-9-13)25-19(27)15-6-4-5-7-16(15)20(25)28/h4-5,8-11,15-16H,3,6-7H2,1-2H3,(H,23,24,26). The average molecular weight is 439 g/mol. The second-order valence-corrected chi connectivity index (χ2v) is 8.32. The summed E-state index contributed by atoms with van der Waals surface area (Å²) in [6, 6.07) is 6.29. The molecule has 1 saturated heterocycles. The number of nitrogens with zero attached hydrogens (tertiary/aromatic N) is 2. The fraction of sp³-hybridized carbons (Fsp3) is 0.318. The fourth-order valence-corrected chi connectivity index (χ4v) is 4.68. The van der Waals surface area contributed by atoms with Crippen molar-refractivity contribution >= 4 is 45.8 Å². The number of thiazole rings is 1. The number of benzene rings is 1. The molecule has 1 aliphatic heterocycles. The molecule has 160 valence electrons. The first kappa shape index (κ1) is 20.9. The highest BCUT2D eigenvalue weighted by Crippen LogP contribution is 2.37. The number of nitrogens with one attached hydrogen (secondary N) is 1. The lowest BCUT2D eigenvalue weighted by Crippen LogP contribution is -2.30. The van der Waals surface area contributed by atoms with E-state index in [1.54, 1.807) is 38.1 Å². The number of imide groups is 1. The number of carbonyl (C=O) groups is 4. The van der Waals surface area contributed by atoms with E-state index in [0.29, 0.717) is 34.7 Å². The number of aryl methyl sites for hydroxylation is 1. The van der Waals surface area contributed by atoms with Gasteiger partial charge in [0.25, 0.3) is 5.91 Å². The molecule has 2 aliphatic rings. The highest BCUT2D eigenvalue weighted by atomic mass is 32.1. The smallest absolute Gasteiger partial charge is 0.350 e. The second-order valence-electron chi connectivity index (χ2n) is 7.32. The van der Waals surface area contributed by atoms with Crippen LogP contribution in [-0.2, 0) is 14.3 Å². The fourth-order valence-electron chi connectivity index (χ4n) is 3.82.